The fraction of sp³-hybridized carbons (Fsp3) is 0.361. The molecular weight excluding hydrogens is 626 g/mol. The molecule has 0 bridgehead atoms. The highest BCUT2D eigenvalue weighted by Gasteiger charge is 2.33. The van der Waals surface area contributed by atoms with Crippen molar-refractivity contribution in [2.45, 2.75) is 78.2 Å². The zero-order valence-electron chi connectivity index (χ0n) is 28.2. The van der Waals surface area contributed by atoms with E-state index in [1.807, 2.05) is 72.8 Å². The van der Waals surface area contributed by atoms with E-state index in [0.29, 0.717) is 24.2 Å². The van der Waals surface area contributed by atoms with Crippen molar-refractivity contribution in [2.24, 2.45) is 5.92 Å². The van der Waals surface area contributed by atoms with E-state index in [0.717, 1.165) is 32.7 Å². The van der Waals surface area contributed by atoms with Crippen LogP contribution in [-0.4, -0.2) is 66.9 Å². The van der Waals surface area contributed by atoms with Crippen LogP contribution in [0, 0.1) is 5.92 Å². The number of ether oxygens (including phenoxy) is 1. The first-order valence-corrected chi connectivity index (χ1v) is 16.2. The number of amides is 3. The highest BCUT2D eigenvalue weighted by atomic mass is 16.6. The summed E-state index contributed by atoms with van der Waals surface area (Å²) in [7, 11) is 0. The first-order chi connectivity index (χ1) is 23.3. The molecule has 3 amide bonds. The number of hydrogen-bond acceptors (Lipinski definition) is 8. The monoisotopic (exact) mass is 667 g/mol. The van der Waals surface area contributed by atoms with Crippen LogP contribution in [0.1, 0.15) is 52.2 Å². The second kappa shape index (κ2) is 14.7. The van der Waals surface area contributed by atoms with Crippen LogP contribution >= 0.6 is 0 Å². The average molecular weight is 668 g/mol. The molecule has 1 aliphatic rings. The van der Waals surface area contributed by atoms with Crippen molar-refractivity contribution >= 4 is 29.6 Å². The Morgan fingerprint density at radius 1 is 0.980 bits per heavy atom. The lowest BCUT2D eigenvalue weighted by Crippen LogP contribution is -2.52. The zero-order chi connectivity index (χ0) is 35.3. The number of aromatic nitrogens is 4. The van der Waals surface area contributed by atoms with Crippen LogP contribution in [0.25, 0.3) is 22.5 Å². The van der Waals surface area contributed by atoms with Gasteiger partial charge in [0.15, 0.2) is 6.54 Å². The van der Waals surface area contributed by atoms with Crippen molar-refractivity contribution < 1.29 is 29.0 Å². The Kier molecular flexibility index (Phi) is 10.4. The van der Waals surface area contributed by atoms with Gasteiger partial charge in [0.05, 0.1) is 12.5 Å². The molecule has 4 aromatic rings. The number of anilines is 1. The number of fused-ring (bicyclic) bond motifs is 1. The topological polar surface area (TPSA) is 169 Å². The summed E-state index contributed by atoms with van der Waals surface area (Å²) in [5.74, 6) is -1.93. The number of alkyl carbamates (subject to hydrolysis) is 1. The number of carbonyl (C=O) groups excluding carboxylic acids is 3. The van der Waals surface area contributed by atoms with Gasteiger partial charge in [-0.2, -0.15) is 4.80 Å². The van der Waals surface area contributed by atoms with Crippen molar-refractivity contribution in [3.05, 3.63) is 83.9 Å². The number of carboxylic acids is 1. The molecule has 5 rings (SSSR count). The number of carbonyl (C=O) groups is 4. The molecule has 0 radical (unpaired) electrons. The van der Waals surface area contributed by atoms with Crippen molar-refractivity contribution in [3.63, 3.8) is 0 Å². The molecule has 0 saturated carbocycles. The SMILES string of the molecule is CC(NC(=O)OC(C)(C)C)C(C)C(=O)N[C@@H]1CCc2ccccc2N(Cc2ccc(-c3ccccc3-c3nnn(CC(=O)O)n3)cc2)C1=O. The number of aryl methyl sites for hydroxylation is 1. The summed E-state index contributed by atoms with van der Waals surface area (Å²) in [6.07, 6.45) is 0.422. The standard InChI is InChI=1S/C36H41N7O6/c1-22(23(2)37-35(48)49-36(3,4)5)33(46)38-29-19-18-26-10-6-9-13-30(26)42(34(29)47)20-24-14-16-25(17-15-24)27-11-7-8-12-28(27)32-39-41-43(40-32)21-31(44)45/h6-17,22-23,29H,18-21H2,1-5H3,(H,37,48)(H,38,46)(H,44,45)/t22?,23?,29-/m1/s1. The van der Waals surface area contributed by atoms with Gasteiger partial charge in [-0.05, 0) is 74.1 Å². The number of carboxylic acid groups (broad SMARTS) is 1. The number of para-hydroxylation sites is 1. The van der Waals surface area contributed by atoms with Crippen molar-refractivity contribution in [3.8, 4) is 22.5 Å². The molecule has 13 nitrogen and oxygen atoms in total. The maximum atomic E-state index is 14.1. The second-order valence-electron chi connectivity index (χ2n) is 13.2. The molecule has 3 aromatic carbocycles. The van der Waals surface area contributed by atoms with Gasteiger partial charge in [-0.1, -0.05) is 73.7 Å². The maximum Gasteiger partial charge on any atom is 0.407 e. The molecule has 3 atom stereocenters. The highest BCUT2D eigenvalue weighted by Crippen LogP contribution is 2.32. The van der Waals surface area contributed by atoms with Gasteiger partial charge in [-0.3, -0.25) is 14.4 Å². The number of hydrogen-bond donors (Lipinski definition) is 3. The number of nitrogens with one attached hydrogen (secondary N) is 2. The van der Waals surface area contributed by atoms with Crippen LogP contribution in [-0.2, 0) is 38.6 Å². The van der Waals surface area contributed by atoms with Crippen molar-refractivity contribution in [2.75, 3.05) is 4.90 Å². The van der Waals surface area contributed by atoms with E-state index in [4.69, 9.17) is 9.84 Å². The molecule has 0 spiro atoms. The fourth-order valence-corrected chi connectivity index (χ4v) is 5.60. The van der Waals surface area contributed by atoms with E-state index >= 15 is 0 Å². The summed E-state index contributed by atoms with van der Waals surface area (Å²) in [4.78, 5) is 53.6. The lowest BCUT2D eigenvalue weighted by atomic mass is 9.98. The van der Waals surface area contributed by atoms with Gasteiger partial charge in [0.2, 0.25) is 17.6 Å². The molecule has 13 heteroatoms. The van der Waals surface area contributed by atoms with Gasteiger partial charge in [0.1, 0.15) is 11.6 Å². The first-order valence-electron chi connectivity index (χ1n) is 16.2. The maximum absolute atomic E-state index is 14.1. The van der Waals surface area contributed by atoms with Gasteiger partial charge >= 0.3 is 12.1 Å². The summed E-state index contributed by atoms with van der Waals surface area (Å²) in [5, 5.41) is 26.9. The van der Waals surface area contributed by atoms with Gasteiger partial charge in [-0.25, -0.2) is 4.79 Å². The van der Waals surface area contributed by atoms with E-state index in [1.54, 1.807) is 39.5 Å². The highest BCUT2D eigenvalue weighted by molar-refractivity contribution is 6.00. The Hall–Kier alpha value is -5.59. The van der Waals surface area contributed by atoms with Crippen LogP contribution in [0.5, 0.6) is 0 Å². The van der Waals surface area contributed by atoms with Gasteiger partial charge in [0, 0.05) is 17.3 Å². The van der Waals surface area contributed by atoms with Crippen LogP contribution < -0.4 is 15.5 Å². The molecule has 3 N–H and O–H groups in total. The van der Waals surface area contributed by atoms with Gasteiger partial charge < -0.3 is 25.4 Å². The molecular formula is C36H41N7O6. The predicted octanol–water partition coefficient (Wildman–Crippen LogP) is 4.61. The van der Waals surface area contributed by atoms with Crippen LogP contribution in [0.2, 0.25) is 0 Å². The smallest absolute Gasteiger partial charge is 0.407 e. The minimum Gasteiger partial charge on any atom is -0.480 e. The van der Waals surface area contributed by atoms with Gasteiger partial charge in [0.25, 0.3) is 0 Å². The number of aliphatic carboxylic acids is 1. The summed E-state index contributed by atoms with van der Waals surface area (Å²) in [6, 6.07) is 21.8. The molecule has 2 heterocycles. The first kappa shape index (κ1) is 34.7. The third-order valence-electron chi connectivity index (χ3n) is 8.28. The van der Waals surface area contributed by atoms with Crippen LogP contribution in [0.15, 0.2) is 72.8 Å². The molecule has 1 aliphatic heterocycles. The predicted molar refractivity (Wildman–Crippen MR) is 182 cm³/mol. The van der Waals surface area contributed by atoms with E-state index in [2.05, 4.69) is 26.0 Å². The second-order valence-corrected chi connectivity index (χ2v) is 13.2. The van der Waals surface area contributed by atoms with E-state index in [-0.39, 0.29) is 18.4 Å². The summed E-state index contributed by atoms with van der Waals surface area (Å²) >= 11 is 0. The summed E-state index contributed by atoms with van der Waals surface area (Å²) < 4.78 is 5.33. The molecule has 256 valence electrons. The third kappa shape index (κ3) is 8.66. The number of nitrogens with zero attached hydrogens (tertiary/aromatic N) is 5. The normalized spacial score (nSPS) is 15.8. The molecule has 1 aromatic heterocycles. The van der Waals surface area contributed by atoms with E-state index in [1.165, 1.54) is 0 Å². The minimum atomic E-state index is -1.07. The Morgan fingerprint density at radius 2 is 1.65 bits per heavy atom. The molecule has 0 saturated heterocycles. The van der Waals surface area contributed by atoms with Crippen LogP contribution in [0.3, 0.4) is 0 Å². The largest absolute Gasteiger partial charge is 0.480 e. The molecule has 2 unspecified atom stereocenters. The molecule has 49 heavy (non-hydrogen) atoms. The fourth-order valence-electron chi connectivity index (χ4n) is 5.60. The number of tetrazole rings is 1. The van der Waals surface area contributed by atoms with Crippen molar-refractivity contribution in [1.82, 2.24) is 30.8 Å². The van der Waals surface area contributed by atoms with E-state index in [9.17, 15) is 19.2 Å². The lowest BCUT2D eigenvalue weighted by Gasteiger charge is -2.28. The van der Waals surface area contributed by atoms with Crippen molar-refractivity contribution in [1.29, 1.82) is 0 Å². The average Bonchev–Trinajstić information content (AvgIpc) is 3.47. The molecule has 0 fully saturated rings. The lowest BCUT2D eigenvalue weighted by molar-refractivity contribution is -0.138. The number of benzene rings is 3. The summed E-state index contributed by atoms with van der Waals surface area (Å²) in [5.41, 5.74) is 4.43. The van der Waals surface area contributed by atoms with Crippen LogP contribution in [0.4, 0.5) is 10.5 Å². The van der Waals surface area contributed by atoms with Gasteiger partial charge in [-0.15, -0.1) is 10.2 Å². The minimum absolute atomic E-state index is 0.219. The zero-order valence-corrected chi connectivity index (χ0v) is 28.2. The Bertz CT molecular complexity index is 1830. The third-order valence-corrected chi connectivity index (χ3v) is 8.28. The van der Waals surface area contributed by atoms with E-state index < -0.39 is 42.2 Å². The Labute approximate surface area is 284 Å². The number of rotatable bonds is 10. The summed E-state index contributed by atoms with van der Waals surface area (Å²) in [6.45, 7) is 8.62. The molecule has 0 aliphatic carbocycles. The quantitative estimate of drug-likeness (QED) is 0.219. The Morgan fingerprint density at radius 3 is 2.35 bits per heavy atom. The Balaban J connectivity index is 1.32.